The molecule has 0 unspecified atom stereocenters. The minimum absolute atomic E-state index is 0.411. The van der Waals surface area contributed by atoms with E-state index in [0.29, 0.717) is 4.90 Å². The molecule has 7 rings (SSSR count). The summed E-state index contributed by atoms with van der Waals surface area (Å²) < 4.78 is 26.0. The van der Waals surface area contributed by atoms with Crippen LogP contribution in [0.2, 0.25) is 0 Å². The van der Waals surface area contributed by atoms with E-state index in [1.807, 2.05) is 6.07 Å². The molecular formula is C41H42O2S. The number of benzene rings is 4. The molecule has 4 aromatic rings. The van der Waals surface area contributed by atoms with Crippen LogP contribution in [0, 0.1) is 83.1 Å². The molecule has 3 heteroatoms. The third-order valence-corrected chi connectivity index (χ3v) is 13.7. The maximum absolute atomic E-state index is 13.0. The van der Waals surface area contributed by atoms with Gasteiger partial charge in [-0.25, -0.2) is 8.42 Å². The van der Waals surface area contributed by atoms with Crippen LogP contribution in [-0.4, -0.2) is 8.42 Å². The lowest BCUT2D eigenvalue weighted by Crippen LogP contribution is -2.30. The molecule has 4 aromatic carbocycles. The van der Waals surface area contributed by atoms with Crippen LogP contribution in [0.25, 0.3) is 34.4 Å². The van der Waals surface area contributed by atoms with Crippen molar-refractivity contribution in [2.45, 2.75) is 93.4 Å². The largest absolute Gasteiger partial charge is 0.219 e. The molecule has 0 aromatic heterocycles. The van der Waals surface area contributed by atoms with Crippen molar-refractivity contribution in [3.63, 3.8) is 0 Å². The van der Waals surface area contributed by atoms with Crippen LogP contribution < -0.4 is 0 Å². The topological polar surface area (TPSA) is 34.1 Å². The monoisotopic (exact) mass is 598 g/mol. The third-order valence-electron chi connectivity index (χ3n) is 12.2. The number of allylic oxidation sites excluding steroid dienone is 1. The Labute approximate surface area is 263 Å². The van der Waals surface area contributed by atoms with Crippen LogP contribution in [-0.2, 0) is 15.3 Å². The van der Waals surface area contributed by atoms with Gasteiger partial charge in [0.25, 0.3) is 0 Å². The van der Waals surface area contributed by atoms with Crippen LogP contribution in [0.4, 0.5) is 0 Å². The number of fused-ring (bicyclic) bond motifs is 10. The zero-order valence-corrected chi connectivity index (χ0v) is 29.0. The Balaban J connectivity index is 1.85. The van der Waals surface area contributed by atoms with E-state index in [1.165, 1.54) is 111 Å². The maximum atomic E-state index is 13.0. The predicted octanol–water partition coefficient (Wildman–Crippen LogP) is 10.2. The van der Waals surface area contributed by atoms with Crippen molar-refractivity contribution in [3.8, 4) is 22.3 Å². The van der Waals surface area contributed by atoms with Crippen molar-refractivity contribution < 1.29 is 8.42 Å². The van der Waals surface area contributed by atoms with Crippen LogP contribution in [0.3, 0.4) is 0 Å². The summed E-state index contributed by atoms with van der Waals surface area (Å²) in [5, 5.41) is 1.36. The first kappa shape index (κ1) is 29.0. The van der Waals surface area contributed by atoms with Crippen molar-refractivity contribution in [2.75, 3.05) is 0 Å². The molecule has 0 radical (unpaired) electrons. The molecular weight excluding hydrogens is 557 g/mol. The Kier molecular flexibility index (Phi) is 5.90. The van der Waals surface area contributed by atoms with Gasteiger partial charge in [-0.3, -0.25) is 0 Å². The quantitative estimate of drug-likeness (QED) is 0.202. The van der Waals surface area contributed by atoms with Crippen LogP contribution in [0.15, 0.2) is 28.5 Å². The Morgan fingerprint density at radius 3 is 1.32 bits per heavy atom. The number of hydrogen-bond donors (Lipinski definition) is 0. The molecule has 0 saturated carbocycles. The lowest BCUT2D eigenvalue weighted by Gasteiger charge is -2.38. The average molecular weight is 599 g/mol. The number of hydrogen-bond acceptors (Lipinski definition) is 2. The van der Waals surface area contributed by atoms with Gasteiger partial charge in [0, 0.05) is 5.41 Å². The summed E-state index contributed by atoms with van der Waals surface area (Å²) in [4.78, 5) is 0.411. The highest BCUT2D eigenvalue weighted by Crippen LogP contribution is 2.61. The van der Waals surface area contributed by atoms with Gasteiger partial charge in [-0.15, -0.1) is 0 Å². The first-order valence-corrected chi connectivity index (χ1v) is 17.3. The highest BCUT2D eigenvalue weighted by molar-refractivity contribution is 7.94. The first-order valence-electron chi connectivity index (χ1n) is 15.7. The van der Waals surface area contributed by atoms with Gasteiger partial charge in [0.05, 0.1) is 10.3 Å². The SMILES string of the molecule is Cc1c(C)c(C)c2c(c1C)-c1c(C)c(C)c(C)c(C)c1C1(C=Cc3cc4c(cc31)C=CS4(=O)=O)c1c(C)c(C)c(C)c(C)c1-2. The second-order valence-corrected chi connectivity index (χ2v) is 15.5. The molecule has 0 N–H and O–H groups in total. The van der Waals surface area contributed by atoms with E-state index < -0.39 is 15.3 Å². The standard InChI is InChI=1S/C41H42O2S/c1-19-20(2)26(8)36-35(25(19)7)37-27(9)21(3)23(5)29(11)39(37)41(40-30(12)24(6)22(4)28(10)38(36)40)15-13-31-18-34-32(17-33(31)41)14-16-44(34,42)43/h13-18H,1-12H3. The van der Waals surface area contributed by atoms with E-state index in [2.05, 4.69) is 101 Å². The van der Waals surface area contributed by atoms with Gasteiger partial charge < -0.3 is 0 Å². The van der Waals surface area contributed by atoms with Gasteiger partial charge >= 0.3 is 0 Å². The average Bonchev–Trinajstić information content (AvgIpc) is 3.46. The van der Waals surface area contributed by atoms with Gasteiger partial charge in [-0.05, 0) is 218 Å². The normalized spacial score (nSPS) is 16.1. The lowest BCUT2D eigenvalue weighted by atomic mass is 9.64. The summed E-state index contributed by atoms with van der Waals surface area (Å²) >= 11 is 0. The van der Waals surface area contributed by atoms with Crippen molar-refractivity contribution in [1.29, 1.82) is 0 Å². The molecule has 1 aliphatic heterocycles. The van der Waals surface area contributed by atoms with Gasteiger partial charge in [-0.2, -0.15) is 0 Å². The van der Waals surface area contributed by atoms with E-state index in [0.717, 1.165) is 11.1 Å². The second kappa shape index (κ2) is 8.95. The van der Waals surface area contributed by atoms with Crippen LogP contribution >= 0.6 is 0 Å². The smallest absolute Gasteiger partial charge is 0.200 e. The summed E-state index contributed by atoms with van der Waals surface area (Å²) in [6.45, 7) is 27.5. The minimum Gasteiger partial charge on any atom is -0.219 e. The summed E-state index contributed by atoms with van der Waals surface area (Å²) in [6, 6.07) is 4.10. The fourth-order valence-corrected chi connectivity index (χ4v) is 9.96. The van der Waals surface area contributed by atoms with Gasteiger partial charge in [0.1, 0.15) is 0 Å². The summed E-state index contributed by atoms with van der Waals surface area (Å²) in [5.41, 5.74) is 26.5. The van der Waals surface area contributed by atoms with E-state index in [-0.39, 0.29) is 0 Å². The van der Waals surface area contributed by atoms with Crippen molar-refractivity contribution in [2.24, 2.45) is 0 Å². The van der Waals surface area contributed by atoms with E-state index >= 15 is 0 Å². The van der Waals surface area contributed by atoms with Crippen molar-refractivity contribution in [3.05, 3.63) is 118 Å². The number of sulfone groups is 1. The lowest BCUT2D eigenvalue weighted by molar-refractivity contribution is 0.605. The van der Waals surface area contributed by atoms with Gasteiger partial charge in [0.2, 0.25) is 0 Å². The highest BCUT2D eigenvalue weighted by Gasteiger charge is 2.49. The molecule has 224 valence electrons. The highest BCUT2D eigenvalue weighted by atomic mass is 32.2. The summed E-state index contributed by atoms with van der Waals surface area (Å²) in [5.74, 6) is 0. The van der Waals surface area contributed by atoms with E-state index in [9.17, 15) is 8.42 Å². The van der Waals surface area contributed by atoms with Gasteiger partial charge in [-0.1, -0.05) is 12.2 Å². The van der Waals surface area contributed by atoms with E-state index in [4.69, 9.17) is 0 Å². The van der Waals surface area contributed by atoms with Crippen LogP contribution in [0.5, 0.6) is 0 Å². The Morgan fingerprint density at radius 1 is 0.455 bits per heavy atom. The Bertz CT molecular complexity index is 2130. The zero-order chi connectivity index (χ0) is 31.9. The Morgan fingerprint density at radius 2 is 0.864 bits per heavy atom. The molecule has 0 bridgehead atoms. The zero-order valence-electron chi connectivity index (χ0n) is 28.2. The summed E-state index contributed by atoms with van der Waals surface area (Å²) in [6.07, 6.45) is 6.37. The molecule has 0 amide bonds. The second-order valence-electron chi connectivity index (χ2n) is 13.7. The van der Waals surface area contributed by atoms with Gasteiger partial charge in [0.15, 0.2) is 9.84 Å². The van der Waals surface area contributed by atoms with Crippen molar-refractivity contribution in [1.82, 2.24) is 0 Å². The molecule has 1 heterocycles. The molecule has 1 spiro atoms. The molecule has 2 aliphatic carbocycles. The van der Waals surface area contributed by atoms with Crippen LogP contribution in [0.1, 0.15) is 94.6 Å². The fourth-order valence-electron chi connectivity index (χ4n) is 8.74. The molecule has 0 saturated heterocycles. The molecule has 0 atom stereocenters. The molecule has 44 heavy (non-hydrogen) atoms. The predicted molar refractivity (Wildman–Crippen MR) is 186 cm³/mol. The summed E-state index contributed by atoms with van der Waals surface area (Å²) in [7, 11) is -3.43. The maximum Gasteiger partial charge on any atom is 0.200 e. The van der Waals surface area contributed by atoms with E-state index in [1.54, 1.807) is 6.08 Å². The number of rotatable bonds is 0. The fraction of sp³-hybridized carbons (Fsp3) is 0.317. The minimum atomic E-state index is -3.43. The molecule has 3 aliphatic rings. The first-order chi connectivity index (χ1) is 20.6. The Hall–Kier alpha value is -3.69. The van der Waals surface area contributed by atoms with Crippen molar-refractivity contribution >= 4 is 22.0 Å². The molecule has 0 fully saturated rings. The third kappa shape index (κ3) is 3.24. The molecule has 2 nitrogen and oxygen atoms in total.